The van der Waals surface area contributed by atoms with Crippen LogP contribution in [0.25, 0.3) is 11.3 Å². The SMILES string of the molecule is O=C(CCc1ncc(-c2ccccc2Cl)o1)N1CCC(CN2CCCCC2=O)CC1. The average molecular weight is 430 g/mol. The van der Waals surface area contributed by atoms with Gasteiger partial charge in [-0.3, -0.25) is 9.59 Å². The molecule has 4 rings (SSSR count). The van der Waals surface area contributed by atoms with Crippen molar-refractivity contribution in [3.8, 4) is 11.3 Å². The van der Waals surface area contributed by atoms with Crippen LogP contribution >= 0.6 is 11.6 Å². The van der Waals surface area contributed by atoms with Crippen LogP contribution in [0, 0.1) is 5.92 Å². The highest BCUT2D eigenvalue weighted by Gasteiger charge is 2.27. The first-order valence-corrected chi connectivity index (χ1v) is 11.2. The number of halogens is 1. The zero-order chi connectivity index (χ0) is 20.9. The number of rotatable bonds is 6. The summed E-state index contributed by atoms with van der Waals surface area (Å²) in [6, 6.07) is 7.47. The maximum atomic E-state index is 12.6. The molecule has 2 aromatic rings. The molecule has 2 saturated heterocycles. The van der Waals surface area contributed by atoms with E-state index >= 15 is 0 Å². The van der Waals surface area contributed by atoms with Gasteiger partial charge in [0, 0.05) is 51.0 Å². The van der Waals surface area contributed by atoms with E-state index in [1.165, 1.54) is 0 Å². The van der Waals surface area contributed by atoms with E-state index in [2.05, 4.69) is 4.98 Å². The van der Waals surface area contributed by atoms with Crippen LogP contribution in [0.3, 0.4) is 0 Å². The molecular weight excluding hydrogens is 402 g/mol. The van der Waals surface area contributed by atoms with E-state index in [-0.39, 0.29) is 5.91 Å². The molecule has 2 fully saturated rings. The molecule has 1 aromatic carbocycles. The Morgan fingerprint density at radius 2 is 1.97 bits per heavy atom. The molecule has 0 N–H and O–H groups in total. The number of piperidine rings is 2. The highest BCUT2D eigenvalue weighted by Crippen LogP contribution is 2.28. The highest BCUT2D eigenvalue weighted by atomic mass is 35.5. The second-order valence-electron chi connectivity index (χ2n) is 8.22. The van der Waals surface area contributed by atoms with Crippen molar-refractivity contribution < 1.29 is 14.0 Å². The number of oxazole rings is 1. The fourth-order valence-corrected chi connectivity index (χ4v) is 4.54. The first kappa shape index (κ1) is 20.9. The summed E-state index contributed by atoms with van der Waals surface area (Å²) in [6.45, 7) is 3.27. The third-order valence-corrected chi connectivity index (χ3v) is 6.44. The number of carbonyl (C=O) groups is 2. The van der Waals surface area contributed by atoms with Gasteiger partial charge in [-0.15, -0.1) is 0 Å². The van der Waals surface area contributed by atoms with Gasteiger partial charge < -0.3 is 14.2 Å². The number of aromatic nitrogens is 1. The normalized spacial score (nSPS) is 18.1. The van der Waals surface area contributed by atoms with Gasteiger partial charge in [0.15, 0.2) is 11.7 Å². The predicted molar refractivity (Wildman–Crippen MR) is 115 cm³/mol. The predicted octanol–water partition coefficient (Wildman–Crippen LogP) is 4.18. The van der Waals surface area contributed by atoms with Gasteiger partial charge in [0.05, 0.1) is 11.2 Å². The number of carbonyl (C=O) groups excluding carboxylic acids is 2. The number of aryl methyl sites for hydroxylation is 1. The molecule has 2 amide bonds. The molecule has 0 radical (unpaired) electrons. The molecule has 30 heavy (non-hydrogen) atoms. The lowest BCUT2D eigenvalue weighted by Crippen LogP contribution is -2.44. The monoisotopic (exact) mass is 429 g/mol. The van der Waals surface area contributed by atoms with Crippen LogP contribution in [0.15, 0.2) is 34.9 Å². The summed E-state index contributed by atoms with van der Waals surface area (Å²) < 4.78 is 5.80. The van der Waals surface area contributed by atoms with Crippen molar-refractivity contribution in [2.75, 3.05) is 26.2 Å². The van der Waals surface area contributed by atoms with E-state index in [0.29, 0.717) is 47.8 Å². The van der Waals surface area contributed by atoms with Gasteiger partial charge in [-0.2, -0.15) is 0 Å². The van der Waals surface area contributed by atoms with E-state index < -0.39 is 0 Å². The maximum absolute atomic E-state index is 12.6. The lowest BCUT2D eigenvalue weighted by atomic mass is 9.95. The third kappa shape index (κ3) is 5.04. The summed E-state index contributed by atoms with van der Waals surface area (Å²) in [5, 5.41) is 0.616. The van der Waals surface area contributed by atoms with Crippen LogP contribution in [0.1, 0.15) is 44.4 Å². The minimum absolute atomic E-state index is 0.139. The van der Waals surface area contributed by atoms with E-state index in [9.17, 15) is 9.59 Å². The van der Waals surface area contributed by atoms with Crippen molar-refractivity contribution >= 4 is 23.4 Å². The Kier molecular flexibility index (Phi) is 6.72. The molecule has 0 atom stereocenters. The molecule has 0 saturated carbocycles. The quantitative estimate of drug-likeness (QED) is 0.690. The molecule has 6 nitrogen and oxygen atoms in total. The summed E-state index contributed by atoms with van der Waals surface area (Å²) in [6.07, 6.45) is 7.28. The van der Waals surface area contributed by atoms with Gasteiger partial charge in [-0.05, 0) is 43.7 Å². The van der Waals surface area contributed by atoms with Gasteiger partial charge in [-0.1, -0.05) is 23.7 Å². The molecule has 0 unspecified atom stereocenters. The number of amides is 2. The second kappa shape index (κ2) is 9.65. The summed E-state index contributed by atoms with van der Waals surface area (Å²) in [7, 11) is 0. The van der Waals surface area contributed by atoms with Gasteiger partial charge in [0.1, 0.15) is 0 Å². The molecule has 7 heteroatoms. The maximum Gasteiger partial charge on any atom is 0.223 e. The summed E-state index contributed by atoms with van der Waals surface area (Å²) >= 11 is 6.21. The van der Waals surface area contributed by atoms with Crippen LogP contribution in [0.2, 0.25) is 5.02 Å². The van der Waals surface area contributed by atoms with Crippen molar-refractivity contribution in [3.63, 3.8) is 0 Å². The number of hydrogen-bond acceptors (Lipinski definition) is 4. The molecular formula is C23H28ClN3O3. The molecule has 0 bridgehead atoms. The fourth-order valence-electron chi connectivity index (χ4n) is 4.31. The topological polar surface area (TPSA) is 66.7 Å². The van der Waals surface area contributed by atoms with E-state index in [1.54, 1.807) is 6.20 Å². The van der Waals surface area contributed by atoms with Crippen molar-refractivity contribution in [2.45, 2.75) is 44.9 Å². The van der Waals surface area contributed by atoms with Crippen molar-refractivity contribution in [2.24, 2.45) is 5.92 Å². The summed E-state index contributed by atoms with van der Waals surface area (Å²) in [5.41, 5.74) is 0.804. The Hall–Kier alpha value is -2.34. The van der Waals surface area contributed by atoms with Gasteiger partial charge in [-0.25, -0.2) is 4.98 Å². The summed E-state index contributed by atoms with van der Waals surface area (Å²) in [4.78, 5) is 32.9. The zero-order valence-electron chi connectivity index (χ0n) is 17.2. The minimum Gasteiger partial charge on any atom is -0.441 e. The lowest BCUT2D eigenvalue weighted by Gasteiger charge is -2.36. The largest absolute Gasteiger partial charge is 0.441 e. The van der Waals surface area contributed by atoms with Crippen LogP contribution in [-0.2, 0) is 16.0 Å². The number of hydrogen-bond donors (Lipinski definition) is 0. The van der Waals surface area contributed by atoms with Crippen LogP contribution < -0.4 is 0 Å². The molecule has 160 valence electrons. The number of likely N-dealkylation sites (tertiary alicyclic amines) is 2. The smallest absolute Gasteiger partial charge is 0.223 e. The van der Waals surface area contributed by atoms with Gasteiger partial charge >= 0.3 is 0 Å². The van der Waals surface area contributed by atoms with E-state index in [0.717, 1.165) is 57.4 Å². The van der Waals surface area contributed by atoms with Crippen LogP contribution in [0.4, 0.5) is 0 Å². The zero-order valence-corrected chi connectivity index (χ0v) is 17.9. The van der Waals surface area contributed by atoms with Crippen LogP contribution in [0.5, 0.6) is 0 Å². The molecule has 1 aromatic heterocycles. The fraction of sp³-hybridized carbons (Fsp3) is 0.522. The van der Waals surface area contributed by atoms with Gasteiger partial charge in [0.2, 0.25) is 11.8 Å². The van der Waals surface area contributed by atoms with E-state index in [1.807, 2.05) is 34.1 Å². The molecule has 3 heterocycles. The molecule has 0 aliphatic carbocycles. The first-order chi connectivity index (χ1) is 14.6. The lowest BCUT2D eigenvalue weighted by molar-refractivity contribution is -0.136. The Balaban J connectivity index is 1.23. The summed E-state index contributed by atoms with van der Waals surface area (Å²) in [5.74, 6) is 2.11. The van der Waals surface area contributed by atoms with Crippen LogP contribution in [-0.4, -0.2) is 52.8 Å². The Morgan fingerprint density at radius 1 is 1.17 bits per heavy atom. The molecule has 0 spiro atoms. The Morgan fingerprint density at radius 3 is 2.73 bits per heavy atom. The minimum atomic E-state index is 0.139. The molecule has 2 aliphatic heterocycles. The van der Waals surface area contributed by atoms with E-state index in [4.69, 9.17) is 16.0 Å². The van der Waals surface area contributed by atoms with Gasteiger partial charge in [0.25, 0.3) is 0 Å². The standard InChI is InChI=1S/C23H28ClN3O3/c24-19-6-2-1-5-18(19)20-15-25-21(30-20)8-9-23(29)26-13-10-17(11-14-26)16-27-12-4-3-7-22(27)28/h1-2,5-6,15,17H,3-4,7-14,16H2. The second-order valence-corrected chi connectivity index (χ2v) is 8.63. The molecule has 2 aliphatic rings. The number of nitrogens with zero attached hydrogens (tertiary/aromatic N) is 3. The van der Waals surface area contributed by atoms with Crippen molar-refractivity contribution in [3.05, 3.63) is 41.4 Å². The van der Waals surface area contributed by atoms with Crippen molar-refractivity contribution in [1.82, 2.24) is 14.8 Å². The highest BCUT2D eigenvalue weighted by molar-refractivity contribution is 6.33. The number of benzene rings is 1. The Bertz CT molecular complexity index is 889. The third-order valence-electron chi connectivity index (χ3n) is 6.11. The average Bonchev–Trinajstić information content (AvgIpc) is 3.23. The first-order valence-electron chi connectivity index (χ1n) is 10.9. The van der Waals surface area contributed by atoms with Crippen molar-refractivity contribution in [1.29, 1.82) is 0 Å². The Labute approximate surface area is 182 Å².